The largest absolute Gasteiger partial charge is 0.460 e. The predicted octanol–water partition coefficient (Wildman–Crippen LogP) is 7.09. The molecule has 0 N–H and O–H groups in total. The van der Waals surface area contributed by atoms with E-state index in [-0.39, 0.29) is 35.6 Å². The van der Waals surface area contributed by atoms with Crippen molar-refractivity contribution in [2.75, 3.05) is 0 Å². The lowest BCUT2D eigenvalue weighted by atomic mass is 10.0. The van der Waals surface area contributed by atoms with Gasteiger partial charge in [0, 0.05) is 16.1 Å². The summed E-state index contributed by atoms with van der Waals surface area (Å²) in [6, 6.07) is 12.0. The van der Waals surface area contributed by atoms with E-state index in [0.717, 1.165) is 8.96 Å². The van der Waals surface area contributed by atoms with Crippen LogP contribution in [0.2, 0.25) is 5.02 Å². The fourth-order valence-corrected chi connectivity index (χ4v) is 4.05. The van der Waals surface area contributed by atoms with Crippen LogP contribution < -0.4 is 0 Å². The molecular formula is C21H18Br2ClFO2. The quantitative estimate of drug-likeness (QED) is 0.397. The third kappa shape index (κ3) is 4.47. The SMILES string of the molecule is CC1(C)[C@H](C(=O)OCc2cccc(-c3ccc(Cl)cc3)c2F)[C@@H]1C=C(Br)Br. The first-order chi connectivity index (χ1) is 12.7. The van der Waals surface area contributed by atoms with Gasteiger partial charge in [0.2, 0.25) is 0 Å². The number of allylic oxidation sites excluding steroid dienone is 1. The van der Waals surface area contributed by atoms with Crippen LogP contribution in [0.25, 0.3) is 11.1 Å². The third-order valence-corrected chi connectivity index (χ3v) is 5.85. The van der Waals surface area contributed by atoms with Crippen molar-refractivity contribution in [3.8, 4) is 11.1 Å². The van der Waals surface area contributed by atoms with Gasteiger partial charge in [0.1, 0.15) is 12.4 Å². The molecule has 2 aromatic carbocycles. The molecule has 27 heavy (non-hydrogen) atoms. The fourth-order valence-electron chi connectivity index (χ4n) is 3.36. The molecule has 1 fully saturated rings. The predicted molar refractivity (Wildman–Crippen MR) is 113 cm³/mol. The summed E-state index contributed by atoms with van der Waals surface area (Å²) in [7, 11) is 0. The van der Waals surface area contributed by atoms with Crippen LogP contribution in [0.1, 0.15) is 19.4 Å². The van der Waals surface area contributed by atoms with Gasteiger partial charge < -0.3 is 4.74 Å². The second-order valence-electron chi connectivity index (χ2n) is 7.17. The van der Waals surface area contributed by atoms with Crippen molar-refractivity contribution in [1.29, 1.82) is 0 Å². The molecule has 3 rings (SSSR count). The lowest BCUT2D eigenvalue weighted by Crippen LogP contribution is -2.11. The smallest absolute Gasteiger partial charge is 0.310 e. The van der Waals surface area contributed by atoms with E-state index in [1.54, 1.807) is 42.5 Å². The number of carbonyl (C=O) groups excluding carboxylic acids is 1. The molecule has 0 aliphatic heterocycles. The molecule has 1 saturated carbocycles. The zero-order valence-corrected chi connectivity index (χ0v) is 18.7. The molecule has 6 heteroatoms. The van der Waals surface area contributed by atoms with Crippen molar-refractivity contribution < 1.29 is 13.9 Å². The van der Waals surface area contributed by atoms with Crippen LogP contribution in [-0.4, -0.2) is 5.97 Å². The van der Waals surface area contributed by atoms with Crippen molar-refractivity contribution >= 4 is 49.4 Å². The van der Waals surface area contributed by atoms with E-state index in [1.165, 1.54) is 0 Å². The highest BCUT2D eigenvalue weighted by molar-refractivity contribution is 9.28. The molecule has 1 aliphatic rings. The average molecular weight is 517 g/mol. The maximum atomic E-state index is 14.9. The Kier molecular flexibility index (Phi) is 6.14. The highest BCUT2D eigenvalue weighted by atomic mass is 79.9. The highest BCUT2D eigenvalue weighted by Gasteiger charge is 2.61. The number of hydrogen-bond acceptors (Lipinski definition) is 2. The number of ether oxygens (including phenoxy) is 1. The van der Waals surface area contributed by atoms with Gasteiger partial charge in [0.05, 0.1) is 9.31 Å². The Balaban J connectivity index is 1.72. The lowest BCUT2D eigenvalue weighted by Gasteiger charge is -2.10. The van der Waals surface area contributed by atoms with Crippen LogP contribution in [0.4, 0.5) is 4.39 Å². The van der Waals surface area contributed by atoms with Crippen LogP contribution in [0.3, 0.4) is 0 Å². The Bertz CT molecular complexity index is 890. The number of halogens is 4. The number of benzene rings is 2. The number of esters is 1. The Morgan fingerprint density at radius 2 is 1.89 bits per heavy atom. The van der Waals surface area contributed by atoms with Crippen LogP contribution >= 0.6 is 43.5 Å². The summed E-state index contributed by atoms with van der Waals surface area (Å²) >= 11 is 12.6. The molecule has 2 aromatic rings. The molecule has 1 aliphatic carbocycles. The molecule has 142 valence electrons. The Morgan fingerprint density at radius 1 is 1.22 bits per heavy atom. The van der Waals surface area contributed by atoms with Crippen molar-refractivity contribution in [2.45, 2.75) is 20.5 Å². The van der Waals surface area contributed by atoms with Gasteiger partial charge in [-0.2, -0.15) is 0 Å². The van der Waals surface area contributed by atoms with E-state index < -0.39 is 0 Å². The van der Waals surface area contributed by atoms with Crippen LogP contribution in [0.15, 0.2) is 51.9 Å². The van der Waals surface area contributed by atoms with Crippen LogP contribution in [0.5, 0.6) is 0 Å². The minimum Gasteiger partial charge on any atom is -0.460 e. The molecule has 0 aromatic heterocycles. The zero-order valence-electron chi connectivity index (χ0n) is 14.8. The lowest BCUT2D eigenvalue weighted by molar-refractivity contribution is -0.147. The summed E-state index contributed by atoms with van der Waals surface area (Å²) in [6.07, 6.45) is 1.95. The minimum absolute atomic E-state index is 0.0870. The normalized spacial score (nSPS) is 20.1. The minimum atomic E-state index is -0.387. The second kappa shape index (κ2) is 8.06. The number of rotatable bonds is 5. The summed E-state index contributed by atoms with van der Waals surface area (Å²) in [5.74, 6) is -0.838. The fraction of sp³-hybridized carbons (Fsp3) is 0.286. The topological polar surface area (TPSA) is 26.3 Å². The summed E-state index contributed by atoms with van der Waals surface area (Å²) in [4.78, 5) is 12.5. The van der Waals surface area contributed by atoms with E-state index in [4.69, 9.17) is 16.3 Å². The third-order valence-electron chi connectivity index (χ3n) is 5.07. The van der Waals surface area contributed by atoms with Crippen molar-refractivity contribution in [1.82, 2.24) is 0 Å². The van der Waals surface area contributed by atoms with Gasteiger partial charge in [-0.15, -0.1) is 0 Å². The van der Waals surface area contributed by atoms with Gasteiger partial charge in [-0.05, 0) is 60.9 Å². The van der Waals surface area contributed by atoms with Gasteiger partial charge in [0.15, 0.2) is 0 Å². The molecule has 0 amide bonds. The molecule has 0 saturated heterocycles. The Morgan fingerprint density at radius 3 is 2.52 bits per heavy atom. The van der Waals surface area contributed by atoms with E-state index >= 15 is 0 Å². The summed E-state index contributed by atoms with van der Waals surface area (Å²) in [5.41, 5.74) is 1.35. The standard InChI is InChI=1S/C21H18Br2ClFO2/c1-21(2)16(10-17(22)23)18(21)20(26)27-11-13-4-3-5-15(19(13)25)12-6-8-14(24)9-7-12/h3-10,16,18H,11H2,1-2H3/t16-,18-/m0/s1. The van der Waals surface area contributed by atoms with Gasteiger partial charge in [0.25, 0.3) is 0 Å². The van der Waals surface area contributed by atoms with Gasteiger partial charge in [-0.1, -0.05) is 61.9 Å². The van der Waals surface area contributed by atoms with Crippen LogP contribution in [0, 0.1) is 23.1 Å². The number of hydrogen-bond donors (Lipinski definition) is 0. The molecule has 2 nitrogen and oxygen atoms in total. The van der Waals surface area contributed by atoms with Gasteiger partial charge in [-0.3, -0.25) is 4.79 Å². The number of carbonyl (C=O) groups is 1. The molecule has 0 heterocycles. The van der Waals surface area contributed by atoms with Crippen molar-refractivity contribution in [3.05, 3.63) is 68.3 Å². The average Bonchev–Trinajstić information content (AvgIpc) is 3.14. The molecule has 2 atom stereocenters. The van der Waals surface area contributed by atoms with Gasteiger partial charge >= 0.3 is 5.97 Å². The zero-order chi connectivity index (χ0) is 19.8. The van der Waals surface area contributed by atoms with E-state index in [1.807, 2.05) is 19.9 Å². The van der Waals surface area contributed by atoms with Gasteiger partial charge in [-0.25, -0.2) is 4.39 Å². The molecule has 0 bridgehead atoms. The monoisotopic (exact) mass is 514 g/mol. The van der Waals surface area contributed by atoms with Crippen molar-refractivity contribution in [2.24, 2.45) is 17.3 Å². The van der Waals surface area contributed by atoms with Crippen molar-refractivity contribution in [3.63, 3.8) is 0 Å². The first-order valence-corrected chi connectivity index (χ1v) is 10.4. The highest BCUT2D eigenvalue weighted by Crippen LogP contribution is 2.60. The summed E-state index contributed by atoms with van der Waals surface area (Å²) in [5, 5.41) is 0.593. The second-order valence-corrected chi connectivity index (χ2v) is 10.4. The summed E-state index contributed by atoms with van der Waals surface area (Å²) < 4.78 is 21.1. The van der Waals surface area contributed by atoms with Crippen LogP contribution in [-0.2, 0) is 16.1 Å². The molecular weight excluding hydrogens is 498 g/mol. The first-order valence-electron chi connectivity index (χ1n) is 8.44. The molecule has 0 unspecified atom stereocenters. The van der Waals surface area contributed by atoms with E-state index in [9.17, 15) is 9.18 Å². The van der Waals surface area contributed by atoms with E-state index in [2.05, 4.69) is 31.9 Å². The molecule has 0 radical (unpaired) electrons. The molecule has 0 spiro atoms. The maximum absolute atomic E-state index is 14.9. The first kappa shape index (κ1) is 20.6. The van der Waals surface area contributed by atoms with E-state index in [0.29, 0.717) is 16.1 Å². The Labute approximate surface area is 180 Å². The summed E-state index contributed by atoms with van der Waals surface area (Å²) in [6.45, 7) is 3.94. The maximum Gasteiger partial charge on any atom is 0.310 e. The Hall–Kier alpha value is -1.17.